The average molecular weight is 551 g/mol. The number of thiophene rings is 5. The number of carbonyl (C=O) groups is 2. The molecule has 0 saturated heterocycles. The Bertz CT molecular complexity index is 1740. The van der Waals surface area contributed by atoms with Gasteiger partial charge in [0, 0.05) is 52.4 Å². The van der Waals surface area contributed by atoms with Crippen LogP contribution in [0.4, 0.5) is 0 Å². The second kappa shape index (κ2) is 7.47. The van der Waals surface area contributed by atoms with Crippen LogP contribution >= 0.6 is 56.7 Å². The van der Waals surface area contributed by atoms with Gasteiger partial charge in [0.1, 0.15) is 0 Å². The molecular weight excluding hydrogens is 533 g/mol. The number of likely N-dealkylation sites (N-methyl/N-ethyl adjacent to an activating group) is 2. The van der Waals surface area contributed by atoms with Crippen LogP contribution in [0.2, 0.25) is 0 Å². The van der Waals surface area contributed by atoms with Gasteiger partial charge in [0.25, 0.3) is 11.8 Å². The Balaban J connectivity index is 1.37. The van der Waals surface area contributed by atoms with Gasteiger partial charge in [-0.1, -0.05) is 0 Å². The van der Waals surface area contributed by atoms with Gasteiger partial charge in [-0.3, -0.25) is 9.59 Å². The standard InChI is InChI=1S/C26H18N2O2S5/c1-11-5-6-13(31-11)15-8-17-18(33-15)10-20(35-17)24-22-21(25(29)28(24)4)23(27(3)26(22)30)19-9-16-14(34-19)7-12(2)32-16/h5-10H,1-4H3. The van der Waals surface area contributed by atoms with Gasteiger partial charge in [-0.25, -0.2) is 0 Å². The van der Waals surface area contributed by atoms with Gasteiger partial charge < -0.3 is 9.80 Å². The molecule has 174 valence electrons. The SMILES string of the molecule is Cc1ccc(-c2cc3sc(C4=C5C(=O)N(C)C(c6cc7sc(C)cc7s6)=C5C(=O)N4C)cc3s2)s1. The fourth-order valence-corrected chi connectivity index (χ4v) is 10.7. The molecule has 35 heavy (non-hydrogen) atoms. The van der Waals surface area contributed by atoms with Crippen LogP contribution in [0.25, 0.3) is 39.9 Å². The predicted molar refractivity (Wildman–Crippen MR) is 152 cm³/mol. The van der Waals surface area contributed by atoms with Gasteiger partial charge in [0.15, 0.2) is 0 Å². The molecule has 0 atom stereocenters. The van der Waals surface area contributed by atoms with Crippen molar-refractivity contribution in [2.45, 2.75) is 13.8 Å². The number of fused-ring (bicyclic) bond motifs is 3. The van der Waals surface area contributed by atoms with Crippen LogP contribution in [0.1, 0.15) is 19.5 Å². The third-order valence-electron chi connectivity index (χ3n) is 6.42. The highest BCUT2D eigenvalue weighted by atomic mass is 32.1. The van der Waals surface area contributed by atoms with E-state index in [0.29, 0.717) is 11.1 Å². The van der Waals surface area contributed by atoms with Crippen molar-refractivity contribution in [3.8, 4) is 9.75 Å². The molecule has 0 unspecified atom stereocenters. The molecule has 0 saturated carbocycles. The van der Waals surface area contributed by atoms with Gasteiger partial charge in [-0.15, -0.1) is 56.7 Å². The van der Waals surface area contributed by atoms with Crippen molar-refractivity contribution in [3.05, 3.63) is 67.1 Å². The first-order valence-electron chi connectivity index (χ1n) is 11.0. The van der Waals surface area contributed by atoms with E-state index in [1.807, 2.05) is 0 Å². The molecule has 5 aromatic heterocycles. The molecule has 0 N–H and O–H groups in total. The Kier molecular flexibility index (Phi) is 4.63. The van der Waals surface area contributed by atoms with Crippen molar-refractivity contribution in [2.75, 3.05) is 14.1 Å². The molecule has 0 bridgehead atoms. The minimum absolute atomic E-state index is 0.109. The zero-order valence-corrected chi connectivity index (χ0v) is 23.3. The monoisotopic (exact) mass is 550 g/mol. The van der Waals surface area contributed by atoms with Crippen molar-refractivity contribution >= 4 is 98.7 Å². The normalized spacial score (nSPS) is 16.3. The molecule has 4 nitrogen and oxygen atoms in total. The molecule has 0 aliphatic carbocycles. The number of amides is 2. The van der Waals surface area contributed by atoms with E-state index in [4.69, 9.17) is 0 Å². The van der Waals surface area contributed by atoms with Crippen LogP contribution in [-0.2, 0) is 9.59 Å². The summed E-state index contributed by atoms with van der Waals surface area (Å²) in [6.07, 6.45) is 0. The van der Waals surface area contributed by atoms with Crippen LogP contribution < -0.4 is 0 Å². The summed E-state index contributed by atoms with van der Waals surface area (Å²) in [6, 6.07) is 13.0. The van der Waals surface area contributed by atoms with E-state index in [2.05, 4.69) is 50.2 Å². The molecule has 5 aromatic rings. The topological polar surface area (TPSA) is 40.6 Å². The highest BCUT2D eigenvalue weighted by Crippen LogP contribution is 2.50. The van der Waals surface area contributed by atoms with E-state index < -0.39 is 0 Å². The van der Waals surface area contributed by atoms with E-state index in [9.17, 15) is 9.59 Å². The summed E-state index contributed by atoms with van der Waals surface area (Å²) in [5.41, 5.74) is 2.53. The highest BCUT2D eigenvalue weighted by Gasteiger charge is 2.47. The zero-order chi connectivity index (χ0) is 24.2. The second-order valence-corrected chi connectivity index (χ2v) is 14.6. The Morgan fingerprint density at radius 2 is 1.03 bits per heavy atom. The Morgan fingerprint density at radius 1 is 0.543 bits per heavy atom. The maximum atomic E-state index is 13.5. The molecule has 0 radical (unpaired) electrons. The largest absolute Gasteiger partial charge is 0.309 e. The maximum Gasteiger partial charge on any atom is 0.261 e. The van der Waals surface area contributed by atoms with E-state index in [-0.39, 0.29) is 11.8 Å². The van der Waals surface area contributed by atoms with Gasteiger partial charge in [0.05, 0.1) is 32.3 Å². The quantitative estimate of drug-likeness (QED) is 0.231. The average Bonchev–Trinajstić information content (AvgIpc) is 3.62. The fraction of sp³-hybridized carbons (Fsp3) is 0.154. The predicted octanol–water partition coefficient (Wildman–Crippen LogP) is 7.65. The zero-order valence-electron chi connectivity index (χ0n) is 19.2. The van der Waals surface area contributed by atoms with Gasteiger partial charge in [0.2, 0.25) is 0 Å². The molecule has 2 aliphatic heterocycles. The second-order valence-electron chi connectivity index (χ2n) is 8.73. The number of carbonyl (C=O) groups excluding carboxylic acids is 2. The van der Waals surface area contributed by atoms with Crippen molar-refractivity contribution in [1.29, 1.82) is 0 Å². The molecule has 0 spiro atoms. The number of aryl methyl sites for hydroxylation is 2. The summed E-state index contributed by atoms with van der Waals surface area (Å²) in [5, 5.41) is 0. The molecule has 2 amide bonds. The Hall–Kier alpha value is -2.56. The third-order valence-corrected chi connectivity index (χ3v) is 12.1. The summed E-state index contributed by atoms with van der Waals surface area (Å²) in [4.78, 5) is 37.4. The first kappa shape index (κ1) is 21.7. The molecular formula is C26H18N2O2S5. The Morgan fingerprint density at radius 3 is 1.54 bits per heavy atom. The first-order valence-corrected chi connectivity index (χ1v) is 15.0. The van der Waals surface area contributed by atoms with Gasteiger partial charge in [-0.05, 0) is 50.2 Å². The lowest BCUT2D eigenvalue weighted by atomic mass is 10.1. The summed E-state index contributed by atoms with van der Waals surface area (Å²) in [5.74, 6) is -0.218. The number of rotatable bonds is 3. The lowest BCUT2D eigenvalue weighted by Crippen LogP contribution is -2.24. The van der Waals surface area contributed by atoms with Crippen LogP contribution in [0, 0.1) is 13.8 Å². The number of hydrogen-bond acceptors (Lipinski definition) is 7. The summed E-state index contributed by atoms with van der Waals surface area (Å²) < 4.78 is 4.77. The molecule has 0 aromatic carbocycles. The molecule has 2 aliphatic rings. The van der Waals surface area contributed by atoms with E-state index in [0.717, 1.165) is 21.1 Å². The van der Waals surface area contributed by atoms with Crippen molar-refractivity contribution in [2.24, 2.45) is 0 Å². The molecule has 0 fully saturated rings. The maximum absolute atomic E-state index is 13.5. The van der Waals surface area contributed by atoms with E-state index >= 15 is 0 Å². The fourth-order valence-electron chi connectivity index (χ4n) is 4.82. The van der Waals surface area contributed by atoms with Gasteiger partial charge >= 0.3 is 0 Å². The minimum Gasteiger partial charge on any atom is -0.309 e. The van der Waals surface area contributed by atoms with Crippen LogP contribution in [0.15, 0.2) is 47.5 Å². The van der Waals surface area contributed by atoms with Crippen molar-refractivity contribution in [3.63, 3.8) is 0 Å². The smallest absolute Gasteiger partial charge is 0.261 e. The molecule has 7 rings (SSSR count). The van der Waals surface area contributed by atoms with Crippen LogP contribution in [0.3, 0.4) is 0 Å². The lowest BCUT2D eigenvalue weighted by molar-refractivity contribution is -0.123. The lowest BCUT2D eigenvalue weighted by Gasteiger charge is -2.18. The van der Waals surface area contributed by atoms with Gasteiger partial charge in [-0.2, -0.15) is 0 Å². The summed E-state index contributed by atoms with van der Waals surface area (Å²) in [6.45, 7) is 4.22. The minimum atomic E-state index is -0.109. The van der Waals surface area contributed by atoms with E-state index in [1.54, 1.807) is 80.6 Å². The number of nitrogens with zero attached hydrogens (tertiary/aromatic N) is 2. The summed E-state index contributed by atoms with van der Waals surface area (Å²) in [7, 11) is 3.56. The molecule has 7 heterocycles. The van der Waals surface area contributed by atoms with Crippen molar-refractivity contribution in [1.82, 2.24) is 9.80 Å². The van der Waals surface area contributed by atoms with Crippen LogP contribution in [0.5, 0.6) is 0 Å². The highest BCUT2D eigenvalue weighted by molar-refractivity contribution is 7.31. The number of hydrogen-bond donors (Lipinski definition) is 0. The van der Waals surface area contributed by atoms with Crippen LogP contribution in [-0.4, -0.2) is 35.7 Å². The molecule has 9 heteroatoms. The Labute approximate surface area is 221 Å². The van der Waals surface area contributed by atoms with E-state index in [1.165, 1.54) is 38.3 Å². The van der Waals surface area contributed by atoms with Crippen molar-refractivity contribution < 1.29 is 9.59 Å². The third kappa shape index (κ3) is 3.06. The summed E-state index contributed by atoms with van der Waals surface area (Å²) >= 11 is 8.61. The first-order chi connectivity index (χ1) is 16.8.